The molecule has 0 bridgehead atoms. The van der Waals surface area contributed by atoms with Crippen LogP contribution in [0.1, 0.15) is 36.0 Å². The van der Waals surface area contributed by atoms with Gasteiger partial charge in [-0.2, -0.15) is 0 Å². The highest BCUT2D eigenvalue weighted by Gasteiger charge is 2.19. The maximum Gasteiger partial charge on any atom is 0.350 e. The molecule has 5 heteroatoms. The summed E-state index contributed by atoms with van der Waals surface area (Å²) in [6.45, 7) is 6.61. The van der Waals surface area contributed by atoms with E-state index < -0.39 is 0 Å². The fraction of sp³-hybridized carbons (Fsp3) is 0.250. The molecule has 1 heterocycles. The first-order chi connectivity index (χ1) is 11.9. The second-order valence-corrected chi connectivity index (χ2v) is 8.70. The lowest BCUT2D eigenvalue weighted by Gasteiger charge is -2.19. The summed E-state index contributed by atoms with van der Waals surface area (Å²) >= 11 is 2.95. The summed E-state index contributed by atoms with van der Waals surface area (Å²) in [5.41, 5.74) is 2.25. The smallest absolute Gasteiger partial charge is 0.350 e. The molecule has 0 unspecified atom stereocenters. The van der Waals surface area contributed by atoms with E-state index in [2.05, 4.69) is 49.8 Å². The molecule has 0 spiro atoms. The number of methoxy groups -OCH3 is 1. The Balaban J connectivity index is 1.86. The first-order valence-electron chi connectivity index (χ1n) is 8.03. The van der Waals surface area contributed by atoms with Crippen LogP contribution < -0.4 is 4.72 Å². The van der Waals surface area contributed by atoms with Gasteiger partial charge in [-0.25, -0.2) is 4.79 Å². The van der Waals surface area contributed by atoms with Gasteiger partial charge in [0, 0.05) is 15.0 Å². The minimum Gasteiger partial charge on any atom is -0.465 e. The van der Waals surface area contributed by atoms with E-state index in [1.807, 2.05) is 24.3 Å². The Morgan fingerprint density at radius 1 is 1.08 bits per heavy atom. The molecule has 25 heavy (non-hydrogen) atoms. The molecule has 3 aromatic rings. The van der Waals surface area contributed by atoms with Gasteiger partial charge in [0.1, 0.15) is 4.88 Å². The Morgan fingerprint density at radius 2 is 1.76 bits per heavy atom. The summed E-state index contributed by atoms with van der Waals surface area (Å²) in [5.74, 6) is -0.313. The van der Waals surface area contributed by atoms with E-state index in [1.54, 1.807) is 0 Å². The van der Waals surface area contributed by atoms with Crippen LogP contribution in [0.15, 0.2) is 53.4 Å². The molecule has 1 N–H and O–H groups in total. The van der Waals surface area contributed by atoms with E-state index in [1.165, 1.54) is 36.0 Å². The third-order valence-corrected chi connectivity index (χ3v) is 5.92. The number of carbonyl (C=O) groups is 1. The Morgan fingerprint density at radius 3 is 2.40 bits per heavy atom. The number of carbonyl (C=O) groups excluding carboxylic acids is 1. The third kappa shape index (κ3) is 3.83. The molecule has 0 saturated heterocycles. The molecule has 0 radical (unpaired) electrons. The summed E-state index contributed by atoms with van der Waals surface area (Å²) < 4.78 is 9.35. The molecule has 0 atom stereocenters. The molecular weight excluding hydrogens is 350 g/mol. The quantitative estimate of drug-likeness (QED) is 0.444. The zero-order valence-corrected chi connectivity index (χ0v) is 16.4. The minimum atomic E-state index is -0.313. The molecule has 0 fully saturated rings. The van der Waals surface area contributed by atoms with Gasteiger partial charge < -0.3 is 9.46 Å². The summed E-state index contributed by atoms with van der Waals surface area (Å²) in [4.78, 5) is 13.8. The topological polar surface area (TPSA) is 38.3 Å². The first kappa shape index (κ1) is 17.8. The van der Waals surface area contributed by atoms with Crippen LogP contribution in [0.4, 0.5) is 5.69 Å². The minimum absolute atomic E-state index is 0.137. The molecule has 3 nitrogen and oxygen atoms in total. The molecule has 3 rings (SSSR count). The van der Waals surface area contributed by atoms with E-state index in [4.69, 9.17) is 4.74 Å². The Hall–Kier alpha value is -1.98. The first-order valence-corrected chi connectivity index (χ1v) is 9.66. The molecule has 1 aromatic heterocycles. The highest BCUT2D eigenvalue weighted by atomic mass is 32.2. The van der Waals surface area contributed by atoms with Crippen molar-refractivity contribution in [2.75, 3.05) is 11.8 Å². The second kappa shape index (κ2) is 7.10. The van der Waals surface area contributed by atoms with Crippen LogP contribution in [0.5, 0.6) is 0 Å². The van der Waals surface area contributed by atoms with Gasteiger partial charge in [0.2, 0.25) is 0 Å². The number of fused-ring (bicyclic) bond motifs is 1. The van der Waals surface area contributed by atoms with Crippen molar-refractivity contribution in [3.05, 3.63) is 59.0 Å². The van der Waals surface area contributed by atoms with Gasteiger partial charge in [0.25, 0.3) is 0 Å². The van der Waals surface area contributed by atoms with Crippen LogP contribution in [0.25, 0.3) is 10.1 Å². The summed E-state index contributed by atoms with van der Waals surface area (Å²) in [7, 11) is 1.41. The zero-order valence-electron chi connectivity index (χ0n) is 14.8. The van der Waals surface area contributed by atoms with E-state index in [0.29, 0.717) is 4.88 Å². The normalized spacial score (nSPS) is 11.5. The van der Waals surface area contributed by atoms with Gasteiger partial charge in [-0.05, 0) is 41.1 Å². The van der Waals surface area contributed by atoms with Crippen molar-refractivity contribution in [3.63, 3.8) is 0 Å². The Bertz CT molecular complexity index is 892. The highest BCUT2D eigenvalue weighted by Crippen LogP contribution is 2.38. The second-order valence-electron chi connectivity index (χ2n) is 6.77. The van der Waals surface area contributed by atoms with Crippen LogP contribution in [0.3, 0.4) is 0 Å². The lowest BCUT2D eigenvalue weighted by Crippen LogP contribution is -2.10. The standard InChI is InChI=1S/C20H21NO2S2/c1-20(2,3)13-9-11-14(12-10-13)25-21-17-15-7-5-6-8-16(15)24-18(17)19(22)23-4/h5-12,21H,1-4H3. The van der Waals surface area contributed by atoms with Gasteiger partial charge >= 0.3 is 5.97 Å². The number of esters is 1. The highest BCUT2D eigenvalue weighted by molar-refractivity contribution is 8.00. The van der Waals surface area contributed by atoms with Gasteiger partial charge in [0.05, 0.1) is 12.8 Å². The van der Waals surface area contributed by atoms with Crippen molar-refractivity contribution in [1.29, 1.82) is 0 Å². The average molecular weight is 372 g/mol. The predicted octanol–water partition coefficient (Wildman–Crippen LogP) is 6.10. The van der Waals surface area contributed by atoms with Gasteiger partial charge in [-0.1, -0.05) is 51.1 Å². The number of benzene rings is 2. The van der Waals surface area contributed by atoms with Crippen LogP contribution in [0.2, 0.25) is 0 Å². The van der Waals surface area contributed by atoms with Gasteiger partial charge in [0.15, 0.2) is 0 Å². The molecular formula is C20H21NO2S2. The van der Waals surface area contributed by atoms with Crippen LogP contribution in [-0.2, 0) is 10.2 Å². The predicted molar refractivity (Wildman–Crippen MR) is 108 cm³/mol. The summed E-state index contributed by atoms with van der Waals surface area (Å²) in [6.07, 6.45) is 0. The van der Waals surface area contributed by atoms with Gasteiger partial charge in [-0.15, -0.1) is 11.3 Å². The largest absolute Gasteiger partial charge is 0.465 e. The van der Waals surface area contributed by atoms with Crippen molar-refractivity contribution < 1.29 is 9.53 Å². The Kier molecular flexibility index (Phi) is 5.06. The molecule has 130 valence electrons. The van der Waals surface area contributed by atoms with E-state index >= 15 is 0 Å². The maximum absolute atomic E-state index is 12.1. The summed E-state index contributed by atoms with van der Waals surface area (Å²) in [5, 5.41) is 1.03. The Labute approximate surface area is 156 Å². The van der Waals surface area contributed by atoms with Crippen LogP contribution in [0, 0.1) is 0 Å². The van der Waals surface area contributed by atoms with Crippen molar-refractivity contribution >= 4 is 45.0 Å². The molecule has 0 aliphatic carbocycles. The number of ether oxygens (including phenoxy) is 1. The fourth-order valence-corrected chi connectivity index (χ4v) is 4.36. The van der Waals surface area contributed by atoms with Crippen molar-refractivity contribution in [1.82, 2.24) is 0 Å². The average Bonchev–Trinajstić information content (AvgIpc) is 2.97. The molecule has 0 aliphatic heterocycles. The molecule has 2 aromatic carbocycles. The summed E-state index contributed by atoms with van der Waals surface area (Å²) in [6, 6.07) is 16.5. The zero-order chi connectivity index (χ0) is 18.0. The number of anilines is 1. The van der Waals surface area contributed by atoms with Crippen molar-refractivity contribution in [2.24, 2.45) is 0 Å². The fourth-order valence-electron chi connectivity index (χ4n) is 2.52. The number of nitrogens with one attached hydrogen (secondary N) is 1. The monoisotopic (exact) mass is 371 g/mol. The number of hydrogen-bond donors (Lipinski definition) is 1. The third-order valence-electron chi connectivity index (χ3n) is 3.96. The van der Waals surface area contributed by atoms with Gasteiger partial charge in [-0.3, -0.25) is 0 Å². The number of thiophene rings is 1. The lowest BCUT2D eigenvalue weighted by atomic mass is 9.87. The molecule has 0 amide bonds. The maximum atomic E-state index is 12.1. The SMILES string of the molecule is COC(=O)c1sc2ccccc2c1NSc1ccc(C(C)(C)C)cc1. The lowest BCUT2D eigenvalue weighted by molar-refractivity contribution is 0.0607. The van der Waals surface area contributed by atoms with E-state index in [9.17, 15) is 4.79 Å². The molecule has 0 saturated carbocycles. The number of rotatable bonds is 4. The van der Waals surface area contributed by atoms with Crippen LogP contribution >= 0.6 is 23.3 Å². The van der Waals surface area contributed by atoms with E-state index in [-0.39, 0.29) is 11.4 Å². The number of hydrogen-bond acceptors (Lipinski definition) is 5. The van der Waals surface area contributed by atoms with Crippen LogP contribution in [-0.4, -0.2) is 13.1 Å². The molecule has 0 aliphatic rings. The van der Waals surface area contributed by atoms with Crippen molar-refractivity contribution in [2.45, 2.75) is 31.1 Å². The van der Waals surface area contributed by atoms with E-state index in [0.717, 1.165) is 20.7 Å². The van der Waals surface area contributed by atoms with Crippen molar-refractivity contribution in [3.8, 4) is 0 Å².